The lowest BCUT2D eigenvalue weighted by Crippen LogP contribution is -2.30. The molecule has 3 aromatic rings. The number of ether oxygens (including phenoxy) is 1. The van der Waals surface area contributed by atoms with Gasteiger partial charge in [-0.15, -0.1) is 0 Å². The van der Waals surface area contributed by atoms with Crippen LogP contribution in [0.2, 0.25) is 0 Å². The Bertz CT molecular complexity index is 1010. The van der Waals surface area contributed by atoms with E-state index in [1.54, 1.807) is 24.3 Å². The van der Waals surface area contributed by atoms with Crippen molar-refractivity contribution in [1.82, 2.24) is 9.46 Å². The molecule has 0 saturated heterocycles. The highest BCUT2D eigenvalue weighted by atomic mass is 32.2. The molecule has 0 aliphatic rings. The van der Waals surface area contributed by atoms with Gasteiger partial charge in [-0.1, -0.05) is 42.4 Å². The first-order valence-electron chi connectivity index (χ1n) is 8.61. The first-order valence-corrected chi connectivity index (χ1v) is 10.1. The summed E-state index contributed by atoms with van der Waals surface area (Å²) in [5.74, 6) is 0.805. The van der Waals surface area contributed by atoms with E-state index in [0.717, 1.165) is 11.3 Å². The van der Waals surface area contributed by atoms with E-state index >= 15 is 0 Å². The second-order valence-electron chi connectivity index (χ2n) is 6.11. The van der Waals surface area contributed by atoms with Gasteiger partial charge in [-0.2, -0.15) is 4.31 Å². The molecule has 3 rings (SSSR count). The van der Waals surface area contributed by atoms with Crippen LogP contribution in [0.15, 0.2) is 64.0 Å². The normalized spacial score (nSPS) is 11.7. The second-order valence-corrected chi connectivity index (χ2v) is 8.02. The van der Waals surface area contributed by atoms with Gasteiger partial charge in [0.15, 0.2) is 5.76 Å². The molecule has 0 aliphatic carbocycles. The number of nitrogens with zero attached hydrogens (tertiary/aromatic N) is 2. The van der Waals surface area contributed by atoms with Crippen molar-refractivity contribution in [3.05, 3.63) is 65.9 Å². The lowest BCUT2D eigenvalue weighted by Gasteiger charge is -2.22. The van der Waals surface area contributed by atoms with Crippen LogP contribution < -0.4 is 4.74 Å². The quantitative estimate of drug-likeness (QED) is 0.616. The lowest BCUT2D eigenvalue weighted by molar-refractivity contribution is 0.391. The average molecular weight is 386 g/mol. The molecule has 0 saturated carbocycles. The molecule has 0 spiro atoms. The van der Waals surface area contributed by atoms with Crippen LogP contribution in [-0.2, 0) is 16.6 Å². The summed E-state index contributed by atoms with van der Waals surface area (Å²) in [6, 6.07) is 16.2. The molecule has 0 unspecified atom stereocenters. The Kier molecular flexibility index (Phi) is 5.62. The van der Waals surface area contributed by atoms with Crippen molar-refractivity contribution in [3.63, 3.8) is 0 Å². The molecule has 0 N–H and O–H groups in total. The van der Waals surface area contributed by atoms with Crippen molar-refractivity contribution in [3.8, 4) is 17.1 Å². The van der Waals surface area contributed by atoms with Crippen LogP contribution in [0, 0.1) is 6.92 Å². The summed E-state index contributed by atoms with van der Waals surface area (Å²) in [5, 5.41) is 3.87. The first-order chi connectivity index (χ1) is 13.0. The van der Waals surface area contributed by atoms with Gasteiger partial charge in [0, 0.05) is 24.7 Å². The molecule has 7 heteroatoms. The molecule has 1 aromatic heterocycles. The van der Waals surface area contributed by atoms with E-state index in [1.807, 2.05) is 44.2 Å². The molecular formula is C20H22N2O4S. The molecule has 6 nitrogen and oxygen atoms in total. The van der Waals surface area contributed by atoms with Crippen molar-refractivity contribution in [2.75, 3.05) is 13.7 Å². The lowest BCUT2D eigenvalue weighted by atomic mass is 10.1. The number of hydrogen-bond acceptors (Lipinski definition) is 5. The van der Waals surface area contributed by atoms with Gasteiger partial charge >= 0.3 is 0 Å². The summed E-state index contributed by atoms with van der Waals surface area (Å²) in [6.07, 6.45) is 0. The van der Waals surface area contributed by atoms with Gasteiger partial charge in [0.1, 0.15) is 10.6 Å². The van der Waals surface area contributed by atoms with Gasteiger partial charge in [-0.05, 0) is 30.7 Å². The van der Waals surface area contributed by atoms with Crippen LogP contribution in [0.4, 0.5) is 0 Å². The standard InChI is InChI=1S/C20H22N2O4S/c1-4-22(14-16-8-6-5-7-9-16)27(23,24)20-13-17(10-11-18(20)25-3)19-12-15(2)21-26-19/h5-13H,4,14H2,1-3H3. The molecule has 2 aromatic carbocycles. The molecular weight excluding hydrogens is 364 g/mol. The fourth-order valence-electron chi connectivity index (χ4n) is 2.82. The van der Waals surface area contributed by atoms with Gasteiger partial charge in [-0.3, -0.25) is 0 Å². The minimum atomic E-state index is -3.77. The van der Waals surface area contributed by atoms with Gasteiger partial charge in [-0.25, -0.2) is 8.42 Å². The third-order valence-corrected chi connectivity index (χ3v) is 6.19. The van der Waals surface area contributed by atoms with E-state index in [9.17, 15) is 8.42 Å². The van der Waals surface area contributed by atoms with Crippen LogP contribution in [0.1, 0.15) is 18.2 Å². The molecule has 0 fully saturated rings. The Balaban J connectivity index is 2.03. The van der Waals surface area contributed by atoms with Gasteiger partial charge in [0.25, 0.3) is 0 Å². The topological polar surface area (TPSA) is 72.6 Å². The molecule has 0 atom stereocenters. The molecule has 27 heavy (non-hydrogen) atoms. The summed E-state index contributed by atoms with van der Waals surface area (Å²) < 4.78 is 38.7. The fourth-order valence-corrected chi connectivity index (χ4v) is 4.44. The van der Waals surface area contributed by atoms with Gasteiger partial charge < -0.3 is 9.26 Å². The Morgan fingerprint density at radius 1 is 1.11 bits per heavy atom. The predicted octanol–water partition coefficient (Wildman–Crippen LogP) is 3.87. The van der Waals surface area contributed by atoms with Crippen molar-refractivity contribution in [2.24, 2.45) is 0 Å². The Morgan fingerprint density at radius 3 is 2.44 bits per heavy atom. The summed E-state index contributed by atoms with van der Waals surface area (Å²) in [5.41, 5.74) is 2.28. The SMILES string of the molecule is CCN(Cc1ccccc1)S(=O)(=O)c1cc(-c2cc(C)no2)ccc1OC. The zero-order valence-electron chi connectivity index (χ0n) is 15.5. The van der Waals surface area contributed by atoms with Gasteiger partial charge in [0.2, 0.25) is 10.0 Å². The zero-order chi connectivity index (χ0) is 19.4. The first kappa shape index (κ1) is 19.1. The van der Waals surface area contributed by atoms with Crippen molar-refractivity contribution in [2.45, 2.75) is 25.3 Å². The average Bonchev–Trinajstić information content (AvgIpc) is 3.12. The largest absolute Gasteiger partial charge is 0.495 e. The molecule has 0 aliphatic heterocycles. The Hall–Kier alpha value is -2.64. The molecule has 142 valence electrons. The number of aryl methyl sites for hydroxylation is 1. The molecule has 0 amide bonds. The number of sulfonamides is 1. The number of methoxy groups -OCH3 is 1. The van der Waals surface area contributed by atoms with Crippen LogP contribution in [0.3, 0.4) is 0 Å². The number of benzene rings is 2. The third-order valence-electron chi connectivity index (χ3n) is 4.25. The number of hydrogen-bond donors (Lipinski definition) is 0. The molecule has 0 bridgehead atoms. The molecule has 1 heterocycles. The smallest absolute Gasteiger partial charge is 0.247 e. The van der Waals surface area contributed by atoms with Crippen LogP contribution in [0.5, 0.6) is 5.75 Å². The summed E-state index contributed by atoms with van der Waals surface area (Å²) in [4.78, 5) is 0.106. The number of aromatic nitrogens is 1. The van der Waals surface area contributed by atoms with E-state index in [0.29, 0.717) is 23.6 Å². The van der Waals surface area contributed by atoms with E-state index < -0.39 is 10.0 Å². The van der Waals surface area contributed by atoms with Crippen molar-refractivity contribution in [1.29, 1.82) is 0 Å². The maximum absolute atomic E-state index is 13.3. The van der Waals surface area contributed by atoms with E-state index in [-0.39, 0.29) is 11.4 Å². The summed E-state index contributed by atoms with van der Waals surface area (Å²) in [7, 11) is -2.31. The fraction of sp³-hybridized carbons (Fsp3) is 0.250. The minimum absolute atomic E-state index is 0.106. The van der Waals surface area contributed by atoms with Gasteiger partial charge in [0.05, 0.1) is 12.8 Å². The van der Waals surface area contributed by atoms with E-state index in [4.69, 9.17) is 9.26 Å². The summed E-state index contributed by atoms with van der Waals surface area (Å²) in [6.45, 7) is 4.25. The maximum Gasteiger partial charge on any atom is 0.247 e. The maximum atomic E-state index is 13.3. The van der Waals surface area contributed by atoms with Crippen LogP contribution >= 0.6 is 0 Å². The predicted molar refractivity (Wildman–Crippen MR) is 103 cm³/mol. The van der Waals surface area contributed by atoms with Crippen LogP contribution in [0.25, 0.3) is 11.3 Å². The van der Waals surface area contributed by atoms with Crippen molar-refractivity contribution >= 4 is 10.0 Å². The van der Waals surface area contributed by atoms with Crippen LogP contribution in [-0.4, -0.2) is 31.5 Å². The monoisotopic (exact) mass is 386 g/mol. The molecule has 0 radical (unpaired) electrons. The highest BCUT2D eigenvalue weighted by Crippen LogP contribution is 2.32. The second kappa shape index (κ2) is 7.94. The minimum Gasteiger partial charge on any atom is -0.495 e. The Labute approximate surface area is 159 Å². The number of rotatable bonds is 7. The highest BCUT2D eigenvalue weighted by Gasteiger charge is 2.27. The third kappa shape index (κ3) is 4.04. The van der Waals surface area contributed by atoms with E-state index in [2.05, 4.69) is 5.16 Å². The van der Waals surface area contributed by atoms with E-state index in [1.165, 1.54) is 11.4 Å². The Morgan fingerprint density at radius 2 is 1.85 bits per heavy atom. The van der Waals surface area contributed by atoms with Crippen molar-refractivity contribution < 1.29 is 17.7 Å². The zero-order valence-corrected chi connectivity index (χ0v) is 16.4. The summed E-state index contributed by atoms with van der Waals surface area (Å²) >= 11 is 0. The highest BCUT2D eigenvalue weighted by molar-refractivity contribution is 7.89.